The fraction of sp³-hybridized carbons (Fsp3) is 0.100. The molecule has 120 valence electrons. The number of aromatic nitrogens is 1. The molecule has 0 radical (unpaired) electrons. The van der Waals surface area contributed by atoms with Crippen LogP contribution in [0.4, 0.5) is 0 Å². The molecule has 3 aromatic rings. The SMILES string of the molecule is Cc1ccc(-c2cc(CNC(=O)/C=C\c3ccccc3)no2)cc1. The number of hydrogen-bond acceptors (Lipinski definition) is 3. The maximum absolute atomic E-state index is 11.8. The Morgan fingerprint density at radius 2 is 1.88 bits per heavy atom. The van der Waals surface area contributed by atoms with Crippen molar-refractivity contribution in [2.24, 2.45) is 0 Å². The third kappa shape index (κ3) is 4.20. The fourth-order valence-corrected chi connectivity index (χ4v) is 2.22. The second-order valence-corrected chi connectivity index (χ2v) is 5.51. The molecule has 24 heavy (non-hydrogen) atoms. The van der Waals surface area contributed by atoms with Crippen LogP contribution in [0, 0.1) is 6.92 Å². The molecule has 1 aromatic heterocycles. The van der Waals surface area contributed by atoms with E-state index in [1.165, 1.54) is 11.6 Å². The van der Waals surface area contributed by atoms with Crippen molar-refractivity contribution >= 4 is 12.0 Å². The third-order valence-electron chi connectivity index (χ3n) is 3.57. The number of aryl methyl sites for hydroxylation is 1. The number of rotatable bonds is 5. The van der Waals surface area contributed by atoms with E-state index in [2.05, 4.69) is 10.5 Å². The first-order chi connectivity index (χ1) is 11.7. The van der Waals surface area contributed by atoms with Crippen LogP contribution < -0.4 is 5.32 Å². The van der Waals surface area contributed by atoms with Gasteiger partial charge >= 0.3 is 0 Å². The Bertz CT molecular complexity index is 834. The molecule has 4 nitrogen and oxygen atoms in total. The fourth-order valence-electron chi connectivity index (χ4n) is 2.22. The van der Waals surface area contributed by atoms with E-state index in [9.17, 15) is 4.79 Å². The number of carbonyl (C=O) groups is 1. The van der Waals surface area contributed by atoms with Crippen LogP contribution in [-0.4, -0.2) is 11.1 Å². The molecular weight excluding hydrogens is 300 g/mol. The summed E-state index contributed by atoms with van der Waals surface area (Å²) < 4.78 is 5.33. The standard InChI is InChI=1S/C20H18N2O2/c1-15-7-10-17(11-8-15)19-13-18(22-24-19)14-21-20(23)12-9-16-5-3-2-4-6-16/h2-13H,14H2,1H3,(H,21,23)/b12-9-. The molecule has 0 saturated carbocycles. The van der Waals surface area contributed by atoms with Gasteiger partial charge in [-0.2, -0.15) is 0 Å². The minimum atomic E-state index is -0.168. The highest BCUT2D eigenvalue weighted by molar-refractivity contribution is 5.91. The van der Waals surface area contributed by atoms with Gasteiger partial charge in [0, 0.05) is 17.7 Å². The van der Waals surface area contributed by atoms with Crippen molar-refractivity contribution < 1.29 is 9.32 Å². The Kier molecular flexibility index (Phi) is 4.87. The van der Waals surface area contributed by atoms with Crippen LogP contribution in [0.1, 0.15) is 16.8 Å². The van der Waals surface area contributed by atoms with E-state index in [0.717, 1.165) is 11.1 Å². The monoisotopic (exact) mass is 318 g/mol. The number of nitrogens with zero attached hydrogens (tertiary/aromatic N) is 1. The van der Waals surface area contributed by atoms with E-state index < -0.39 is 0 Å². The van der Waals surface area contributed by atoms with Crippen molar-refractivity contribution in [3.63, 3.8) is 0 Å². The molecule has 0 aliphatic rings. The molecule has 2 aromatic carbocycles. The number of amides is 1. The molecule has 1 amide bonds. The Balaban J connectivity index is 1.56. The van der Waals surface area contributed by atoms with Crippen molar-refractivity contribution in [2.75, 3.05) is 0 Å². The minimum absolute atomic E-state index is 0.168. The van der Waals surface area contributed by atoms with E-state index in [1.807, 2.05) is 67.6 Å². The van der Waals surface area contributed by atoms with Gasteiger partial charge in [0.25, 0.3) is 0 Å². The van der Waals surface area contributed by atoms with E-state index in [-0.39, 0.29) is 5.91 Å². The summed E-state index contributed by atoms with van der Waals surface area (Å²) in [5.74, 6) is 0.526. The second-order valence-electron chi connectivity index (χ2n) is 5.51. The van der Waals surface area contributed by atoms with E-state index in [4.69, 9.17) is 4.52 Å². The van der Waals surface area contributed by atoms with E-state index in [0.29, 0.717) is 18.0 Å². The van der Waals surface area contributed by atoms with Gasteiger partial charge in [0.15, 0.2) is 5.76 Å². The van der Waals surface area contributed by atoms with Gasteiger partial charge in [0.05, 0.1) is 6.54 Å². The van der Waals surface area contributed by atoms with Gasteiger partial charge in [0.2, 0.25) is 5.91 Å². The number of nitrogens with one attached hydrogen (secondary N) is 1. The topological polar surface area (TPSA) is 55.1 Å². The number of hydrogen-bond donors (Lipinski definition) is 1. The Morgan fingerprint density at radius 1 is 1.12 bits per heavy atom. The Hall–Kier alpha value is -3.14. The van der Waals surface area contributed by atoms with Gasteiger partial charge in [-0.05, 0) is 18.6 Å². The largest absolute Gasteiger partial charge is 0.356 e. The lowest BCUT2D eigenvalue weighted by molar-refractivity contribution is -0.116. The van der Waals surface area contributed by atoms with Gasteiger partial charge in [-0.25, -0.2) is 0 Å². The summed E-state index contributed by atoms with van der Waals surface area (Å²) >= 11 is 0. The lowest BCUT2D eigenvalue weighted by atomic mass is 10.1. The predicted molar refractivity (Wildman–Crippen MR) is 94.0 cm³/mol. The van der Waals surface area contributed by atoms with Gasteiger partial charge in [-0.3, -0.25) is 4.79 Å². The van der Waals surface area contributed by atoms with Crippen molar-refractivity contribution in [3.8, 4) is 11.3 Å². The molecular formula is C20H18N2O2. The summed E-state index contributed by atoms with van der Waals surface area (Å²) in [6.07, 6.45) is 3.28. The first-order valence-corrected chi connectivity index (χ1v) is 7.74. The van der Waals surface area contributed by atoms with Crippen molar-refractivity contribution in [2.45, 2.75) is 13.5 Å². The summed E-state index contributed by atoms with van der Waals surface area (Å²) in [6.45, 7) is 2.36. The molecule has 0 fully saturated rings. The zero-order chi connectivity index (χ0) is 16.8. The highest BCUT2D eigenvalue weighted by atomic mass is 16.5. The van der Waals surface area contributed by atoms with Gasteiger partial charge in [-0.1, -0.05) is 65.3 Å². The molecule has 0 aliphatic carbocycles. The first-order valence-electron chi connectivity index (χ1n) is 7.74. The van der Waals surface area contributed by atoms with Crippen LogP contribution in [0.25, 0.3) is 17.4 Å². The molecule has 0 bridgehead atoms. The van der Waals surface area contributed by atoms with Crippen LogP contribution in [0.2, 0.25) is 0 Å². The van der Waals surface area contributed by atoms with Crippen LogP contribution in [0.5, 0.6) is 0 Å². The molecule has 1 N–H and O–H groups in total. The predicted octanol–water partition coefficient (Wildman–Crippen LogP) is 3.98. The average molecular weight is 318 g/mol. The Labute approximate surface area is 140 Å². The third-order valence-corrected chi connectivity index (χ3v) is 3.57. The van der Waals surface area contributed by atoms with Gasteiger partial charge in [-0.15, -0.1) is 0 Å². The molecule has 0 saturated heterocycles. The maximum atomic E-state index is 11.8. The summed E-state index contributed by atoms with van der Waals surface area (Å²) in [5, 5.41) is 6.79. The lowest BCUT2D eigenvalue weighted by Crippen LogP contribution is -2.20. The normalized spacial score (nSPS) is 10.9. The molecule has 4 heteroatoms. The van der Waals surface area contributed by atoms with Crippen molar-refractivity contribution in [3.05, 3.63) is 83.6 Å². The average Bonchev–Trinajstić information content (AvgIpc) is 3.09. The summed E-state index contributed by atoms with van der Waals surface area (Å²) in [4.78, 5) is 11.8. The van der Waals surface area contributed by atoms with Crippen LogP contribution >= 0.6 is 0 Å². The van der Waals surface area contributed by atoms with Gasteiger partial charge in [0.1, 0.15) is 5.69 Å². The minimum Gasteiger partial charge on any atom is -0.356 e. The smallest absolute Gasteiger partial charge is 0.244 e. The summed E-state index contributed by atoms with van der Waals surface area (Å²) in [7, 11) is 0. The Morgan fingerprint density at radius 3 is 2.62 bits per heavy atom. The quantitative estimate of drug-likeness (QED) is 0.724. The van der Waals surface area contributed by atoms with Crippen LogP contribution in [0.15, 0.2) is 71.3 Å². The first kappa shape index (κ1) is 15.7. The van der Waals surface area contributed by atoms with Gasteiger partial charge < -0.3 is 9.84 Å². The molecule has 0 aliphatic heterocycles. The highest BCUT2D eigenvalue weighted by Gasteiger charge is 2.07. The van der Waals surface area contributed by atoms with Crippen molar-refractivity contribution in [1.82, 2.24) is 10.5 Å². The summed E-state index contributed by atoms with van der Waals surface area (Å²) in [6, 6.07) is 19.5. The van der Waals surface area contributed by atoms with Crippen LogP contribution in [-0.2, 0) is 11.3 Å². The van der Waals surface area contributed by atoms with E-state index in [1.54, 1.807) is 6.08 Å². The highest BCUT2D eigenvalue weighted by Crippen LogP contribution is 2.20. The summed E-state index contributed by atoms with van der Waals surface area (Å²) in [5.41, 5.74) is 3.83. The van der Waals surface area contributed by atoms with Crippen LogP contribution in [0.3, 0.4) is 0 Å². The lowest BCUT2D eigenvalue weighted by Gasteiger charge is -1.97. The molecule has 1 heterocycles. The maximum Gasteiger partial charge on any atom is 0.244 e. The zero-order valence-electron chi connectivity index (χ0n) is 13.4. The molecule has 0 atom stereocenters. The molecule has 3 rings (SSSR count). The number of benzene rings is 2. The zero-order valence-corrected chi connectivity index (χ0v) is 13.4. The second kappa shape index (κ2) is 7.42. The molecule has 0 unspecified atom stereocenters. The van der Waals surface area contributed by atoms with Crippen molar-refractivity contribution in [1.29, 1.82) is 0 Å². The number of carbonyl (C=O) groups excluding carboxylic acids is 1. The van der Waals surface area contributed by atoms with E-state index >= 15 is 0 Å². The molecule has 0 spiro atoms.